The standard InChI is InChI=1S/C15H29NO3/c1-6-16-15(13-8-9-13,14(17)18-7-2)10-19-12(5)11(3)4/h11-13,16H,6-10H2,1-5H3. The molecule has 2 unspecified atom stereocenters. The van der Waals surface area contributed by atoms with E-state index in [1.54, 1.807) is 0 Å². The Bertz CT molecular complexity index is 289. The maximum Gasteiger partial charge on any atom is 0.329 e. The molecular weight excluding hydrogens is 242 g/mol. The van der Waals surface area contributed by atoms with Gasteiger partial charge in [0.1, 0.15) is 5.54 Å². The molecule has 0 heterocycles. The Labute approximate surface area is 117 Å². The number of ether oxygens (including phenoxy) is 2. The maximum atomic E-state index is 12.4. The van der Waals surface area contributed by atoms with Gasteiger partial charge in [0.2, 0.25) is 0 Å². The van der Waals surface area contributed by atoms with Gasteiger partial charge in [-0.15, -0.1) is 0 Å². The molecule has 0 radical (unpaired) electrons. The lowest BCUT2D eigenvalue weighted by atomic mass is 9.93. The van der Waals surface area contributed by atoms with E-state index in [0.29, 0.717) is 25.0 Å². The summed E-state index contributed by atoms with van der Waals surface area (Å²) in [5.74, 6) is 0.641. The van der Waals surface area contributed by atoms with E-state index in [1.807, 2.05) is 13.8 Å². The van der Waals surface area contributed by atoms with Crippen molar-refractivity contribution in [1.29, 1.82) is 0 Å². The Kier molecular flexibility index (Phi) is 6.27. The van der Waals surface area contributed by atoms with Gasteiger partial charge >= 0.3 is 5.97 Å². The molecule has 0 amide bonds. The summed E-state index contributed by atoms with van der Waals surface area (Å²) in [6.45, 7) is 11.7. The lowest BCUT2D eigenvalue weighted by molar-refractivity contribution is -0.157. The lowest BCUT2D eigenvalue weighted by Gasteiger charge is -2.33. The third kappa shape index (κ3) is 4.18. The molecule has 2 atom stereocenters. The molecule has 0 bridgehead atoms. The zero-order valence-corrected chi connectivity index (χ0v) is 13.0. The lowest BCUT2D eigenvalue weighted by Crippen LogP contribution is -2.58. The van der Waals surface area contributed by atoms with Crippen LogP contribution in [-0.2, 0) is 14.3 Å². The van der Waals surface area contributed by atoms with E-state index < -0.39 is 5.54 Å². The van der Waals surface area contributed by atoms with Crippen molar-refractivity contribution in [3.8, 4) is 0 Å². The van der Waals surface area contributed by atoms with Crippen molar-refractivity contribution in [3.63, 3.8) is 0 Å². The van der Waals surface area contributed by atoms with Crippen LogP contribution in [0.25, 0.3) is 0 Å². The molecule has 1 rings (SSSR count). The zero-order valence-electron chi connectivity index (χ0n) is 13.0. The number of hydrogen-bond donors (Lipinski definition) is 1. The Morgan fingerprint density at radius 3 is 2.37 bits per heavy atom. The van der Waals surface area contributed by atoms with Crippen molar-refractivity contribution < 1.29 is 14.3 Å². The monoisotopic (exact) mass is 271 g/mol. The van der Waals surface area contributed by atoms with Crippen LogP contribution in [0.2, 0.25) is 0 Å². The summed E-state index contributed by atoms with van der Waals surface area (Å²) in [5.41, 5.74) is -0.645. The molecular formula is C15H29NO3. The Balaban J connectivity index is 2.75. The number of hydrogen-bond acceptors (Lipinski definition) is 4. The molecule has 1 fully saturated rings. The smallest absolute Gasteiger partial charge is 0.329 e. The number of carbonyl (C=O) groups is 1. The first-order valence-corrected chi connectivity index (χ1v) is 7.51. The van der Waals surface area contributed by atoms with Crippen molar-refractivity contribution >= 4 is 5.97 Å². The molecule has 0 spiro atoms. The second kappa shape index (κ2) is 7.25. The fraction of sp³-hybridized carbons (Fsp3) is 0.933. The highest BCUT2D eigenvalue weighted by Gasteiger charge is 2.52. The van der Waals surface area contributed by atoms with Crippen molar-refractivity contribution in [3.05, 3.63) is 0 Å². The highest BCUT2D eigenvalue weighted by atomic mass is 16.5. The van der Waals surface area contributed by atoms with Crippen molar-refractivity contribution in [2.45, 2.75) is 59.1 Å². The molecule has 112 valence electrons. The SMILES string of the molecule is CCNC(COC(C)C(C)C)(C(=O)OCC)C1CC1. The van der Waals surface area contributed by atoms with Gasteiger partial charge in [0.15, 0.2) is 0 Å². The third-order valence-corrected chi connectivity index (χ3v) is 3.92. The van der Waals surface area contributed by atoms with Gasteiger partial charge in [0, 0.05) is 0 Å². The Morgan fingerprint density at radius 1 is 1.32 bits per heavy atom. The fourth-order valence-electron chi connectivity index (χ4n) is 2.22. The average Bonchev–Trinajstić information content (AvgIpc) is 3.18. The van der Waals surface area contributed by atoms with Gasteiger partial charge in [-0.2, -0.15) is 0 Å². The molecule has 0 aromatic rings. The molecule has 1 aliphatic rings. The van der Waals surface area contributed by atoms with Crippen LogP contribution in [0.15, 0.2) is 0 Å². The molecule has 1 N–H and O–H groups in total. The van der Waals surface area contributed by atoms with Gasteiger partial charge in [-0.05, 0) is 45.1 Å². The van der Waals surface area contributed by atoms with Gasteiger partial charge in [-0.1, -0.05) is 20.8 Å². The van der Waals surface area contributed by atoms with Gasteiger partial charge in [-0.25, -0.2) is 4.79 Å². The molecule has 0 saturated heterocycles. The van der Waals surface area contributed by atoms with E-state index in [9.17, 15) is 4.79 Å². The summed E-state index contributed by atoms with van der Waals surface area (Å²) in [7, 11) is 0. The summed E-state index contributed by atoms with van der Waals surface area (Å²) in [6.07, 6.45) is 2.29. The van der Waals surface area contributed by atoms with Crippen LogP contribution in [-0.4, -0.2) is 37.4 Å². The van der Waals surface area contributed by atoms with Crippen LogP contribution in [0, 0.1) is 11.8 Å². The average molecular weight is 271 g/mol. The number of esters is 1. The molecule has 0 aromatic carbocycles. The first-order valence-electron chi connectivity index (χ1n) is 7.51. The first kappa shape index (κ1) is 16.4. The molecule has 0 aliphatic heterocycles. The summed E-state index contributed by atoms with van der Waals surface area (Å²) in [4.78, 5) is 12.4. The van der Waals surface area contributed by atoms with Crippen LogP contribution in [0.4, 0.5) is 0 Å². The van der Waals surface area contributed by atoms with Crippen LogP contribution in [0.1, 0.15) is 47.5 Å². The van der Waals surface area contributed by atoms with Crippen molar-refractivity contribution in [2.24, 2.45) is 11.8 Å². The van der Waals surface area contributed by atoms with E-state index in [1.165, 1.54) is 0 Å². The van der Waals surface area contributed by atoms with Crippen LogP contribution >= 0.6 is 0 Å². The van der Waals surface area contributed by atoms with E-state index >= 15 is 0 Å². The summed E-state index contributed by atoms with van der Waals surface area (Å²) in [6, 6.07) is 0. The third-order valence-electron chi connectivity index (χ3n) is 3.92. The molecule has 0 aromatic heterocycles. The summed E-state index contributed by atoms with van der Waals surface area (Å²) in [5, 5.41) is 3.34. The second-order valence-electron chi connectivity index (χ2n) is 5.76. The van der Waals surface area contributed by atoms with Crippen molar-refractivity contribution in [1.82, 2.24) is 5.32 Å². The normalized spacial score (nSPS) is 20.1. The van der Waals surface area contributed by atoms with E-state index in [4.69, 9.17) is 9.47 Å². The minimum atomic E-state index is -0.645. The number of carbonyl (C=O) groups excluding carboxylic acids is 1. The summed E-state index contributed by atoms with van der Waals surface area (Å²) < 4.78 is 11.2. The number of rotatable bonds is 9. The van der Waals surface area contributed by atoms with Gasteiger partial charge in [0.25, 0.3) is 0 Å². The molecule has 19 heavy (non-hydrogen) atoms. The quantitative estimate of drug-likeness (QED) is 0.654. The number of likely N-dealkylation sites (N-methyl/N-ethyl adjacent to an activating group) is 1. The Hall–Kier alpha value is -0.610. The van der Waals surface area contributed by atoms with Gasteiger partial charge in [-0.3, -0.25) is 5.32 Å². The van der Waals surface area contributed by atoms with E-state index in [2.05, 4.69) is 26.1 Å². The van der Waals surface area contributed by atoms with Crippen LogP contribution in [0.3, 0.4) is 0 Å². The highest BCUT2D eigenvalue weighted by molar-refractivity contribution is 5.82. The van der Waals surface area contributed by atoms with E-state index in [-0.39, 0.29) is 12.1 Å². The Morgan fingerprint density at radius 2 is 1.95 bits per heavy atom. The molecule has 4 nitrogen and oxygen atoms in total. The first-order chi connectivity index (χ1) is 8.97. The van der Waals surface area contributed by atoms with Crippen LogP contribution in [0.5, 0.6) is 0 Å². The predicted octanol–water partition coefficient (Wildman–Crippen LogP) is 2.37. The molecule has 4 heteroatoms. The molecule has 1 aliphatic carbocycles. The molecule has 1 saturated carbocycles. The fourth-order valence-corrected chi connectivity index (χ4v) is 2.22. The second-order valence-corrected chi connectivity index (χ2v) is 5.76. The highest BCUT2D eigenvalue weighted by Crippen LogP contribution is 2.41. The van der Waals surface area contributed by atoms with E-state index in [0.717, 1.165) is 19.4 Å². The predicted molar refractivity (Wildman–Crippen MR) is 76.0 cm³/mol. The minimum Gasteiger partial charge on any atom is -0.465 e. The van der Waals surface area contributed by atoms with Gasteiger partial charge in [0.05, 0.1) is 19.3 Å². The van der Waals surface area contributed by atoms with Gasteiger partial charge < -0.3 is 9.47 Å². The van der Waals surface area contributed by atoms with Crippen molar-refractivity contribution in [2.75, 3.05) is 19.8 Å². The summed E-state index contributed by atoms with van der Waals surface area (Å²) >= 11 is 0. The zero-order chi connectivity index (χ0) is 14.5. The number of nitrogens with one attached hydrogen (secondary N) is 1. The largest absolute Gasteiger partial charge is 0.465 e. The van der Waals surface area contributed by atoms with Crippen LogP contribution < -0.4 is 5.32 Å². The topological polar surface area (TPSA) is 47.6 Å². The maximum absolute atomic E-state index is 12.4. The minimum absolute atomic E-state index is 0.145.